The maximum atomic E-state index is 12.2. The topological polar surface area (TPSA) is 94.3 Å². The van der Waals surface area contributed by atoms with E-state index in [-0.39, 0.29) is 5.56 Å². The number of nitrogens with zero attached hydrogens (tertiary/aromatic N) is 2. The molecule has 1 amide bonds. The summed E-state index contributed by atoms with van der Waals surface area (Å²) >= 11 is 1.35. The highest BCUT2D eigenvalue weighted by Gasteiger charge is 2.16. The molecule has 8 heteroatoms. The minimum Gasteiger partial charge on any atom is -0.452 e. The summed E-state index contributed by atoms with van der Waals surface area (Å²) < 4.78 is 11.2. The number of carbonyl (C=O) groups is 2. The number of thiazole rings is 1. The number of hydrogen-bond donors (Lipinski definition) is 1. The van der Waals surface area contributed by atoms with Crippen LogP contribution in [0.5, 0.6) is 0 Å². The van der Waals surface area contributed by atoms with Crippen molar-refractivity contribution in [2.24, 2.45) is 0 Å². The van der Waals surface area contributed by atoms with Crippen LogP contribution in [-0.4, -0.2) is 28.5 Å². The average molecular weight is 353 g/mol. The minimum atomic E-state index is -0.640. The smallest absolute Gasteiger partial charge is 0.340 e. The molecule has 4 aromatic rings. The SMILES string of the molecule is O=C(COC(=O)c1cccc2ocnc12)Nc1nc2ccccc2s1. The molecule has 0 aliphatic carbocycles. The molecule has 2 heterocycles. The lowest BCUT2D eigenvalue weighted by molar-refractivity contribution is -0.119. The number of nitrogens with one attached hydrogen (secondary N) is 1. The molecule has 0 saturated heterocycles. The number of para-hydroxylation sites is 2. The first kappa shape index (κ1) is 15.3. The Morgan fingerprint density at radius 3 is 2.92 bits per heavy atom. The van der Waals surface area contributed by atoms with Crippen molar-refractivity contribution >= 4 is 49.7 Å². The number of oxazole rings is 1. The van der Waals surface area contributed by atoms with Gasteiger partial charge >= 0.3 is 5.97 Å². The Labute approximate surface area is 145 Å². The van der Waals surface area contributed by atoms with Gasteiger partial charge in [-0.1, -0.05) is 29.5 Å². The zero-order chi connectivity index (χ0) is 17.2. The maximum absolute atomic E-state index is 12.2. The van der Waals surface area contributed by atoms with E-state index in [1.807, 2.05) is 24.3 Å². The molecular formula is C17H11N3O4S. The average Bonchev–Trinajstić information content (AvgIpc) is 3.25. The highest BCUT2D eigenvalue weighted by Crippen LogP contribution is 2.25. The Morgan fingerprint density at radius 1 is 1.16 bits per heavy atom. The Balaban J connectivity index is 1.41. The van der Waals surface area contributed by atoms with Crippen LogP contribution >= 0.6 is 11.3 Å². The summed E-state index contributed by atoms with van der Waals surface area (Å²) in [5.41, 5.74) is 1.93. The van der Waals surface area contributed by atoms with Gasteiger partial charge < -0.3 is 9.15 Å². The summed E-state index contributed by atoms with van der Waals surface area (Å²) in [6.45, 7) is -0.414. The largest absolute Gasteiger partial charge is 0.452 e. The number of rotatable bonds is 4. The highest BCUT2D eigenvalue weighted by atomic mass is 32.1. The molecule has 0 fully saturated rings. The van der Waals surface area contributed by atoms with Crippen LogP contribution in [0.2, 0.25) is 0 Å². The Bertz CT molecular complexity index is 1050. The summed E-state index contributed by atoms with van der Waals surface area (Å²) in [7, 11) is 0. The summed E-state index contributed by atoms with van der Waals surface area (Å²) in [4.78, 5) is 32.4. The number of benzene rings is 2. The maximum Gasteiger partial charge on any atom is 0.340 e. The third kappa shape index (κ3) is 3.07. The number of carbonyl (C=O) groups excluding carboxylic acids is 2. The molecule has 2 aromatic carbocycles. The second kappa shape index (κ2) is 6.33. The molecule has 0 bridgehead atoms. The van der Waals surface area contributed by atoms with E-state index in [2.05, 4.69) is 15.3 Å². The van der Waals surface area contributed by atoms with Gasteiger partial charge in [0.25, 0.3) is 5.91 Å². The molecule has 0 aliphatic rings. The van der Waals surface area contributed by atoms with Crippen LogP contribution < -0.4 is 5.32 Å². The van der Waals surface area contributed by atoms with Crippen molar-refractivity contribution in [3.05, 3.63) is 54.4 Å². The van der Waals surface area contributed by atoms with E-state index >= 15 is 0 Å². The molecule has 124 valence electrons. The fraction of sp³-hybridized carbons (Fsp3) is 0.0588. The van der Waals surface area contributed by atoms with Gasteiger partial charge in [0.15, 0.2) is 23.7 Å². The first-order valence-electron chi connectivity index (χ1n) is 7.35. The number of fused-ring (bicyclic) bond motifs is 2. The third-order valence-electron chi connectivity index (χ3n) is 3.45. The predicted octanol–water partition coefficient (Wildman–Crippen LogP) is 3.23. The number of esters is 1. The molecule has 2 aromatic heterocycles. The molecule has 0 saturated carbocycles. The summed E-state index contributed by atoms with van der Waals surface area (Å²) in [6, 6.07) is 12.5. The van der Waals surface area contributed by atoms with Crippen LogP contribution in [0.25, 0.3) is 21.3 Å². The molecule has 0 radical (unpaired) electrons. The fourth-order valence-electron chi connectivity index (χ4n) is 2.34. The number of ether oxygens (including phenoxy) is 1. The van der Waals surface area contributed by atoms with Gasteiger partial charge in [0.1, 0.15) is 5.52 Å². The van der Waals surface area contributed by atoms with Crippen LogP contribution in [0.4, 0.5) is 5.13 Å². The second-order valence-electron chi connectivity index (χ2n) is 5.12. The predicted molar refractivity (Wildman–Crippen MR) is 92.5 cm³/mol. The second-order valence-corrected chi connectivity index (χ2v) is 6.15. The van der Waals surface area contributed by atoms with Gasteiger partial charge in [0.2, 0.25) is 0 Å². The van der Waals surface area contributed by atoms with Crippen molar-refractivity contribution in [3.63, 3.8) is 0 Å². The van der Waals surface area contributed by atoms with Crippen LogP contribution in [-0.2, 0) is 9.53 Å². The van der Waals surface area contributed by atoms with Gasteiger partial charge in [-0.3, -0.25) is 10.1 Å². The molecule has 0 spiro atoms. The van der Waals surface area contributed by atoms with Gasteiger partial charge in [-0.2, -0.15) is 0 Å². The lowest BCUT2D eigenvalue weighted by Gasteiger charge is -2.04. The van der Waals surface area contributed by atoms with Gasteiger partial charge in [-0.15, -0.1) is 0 Å². The van der Waals surface area contributed by atoms with Gasteiger partial charge in [0.05, 0.1) is 15.8 Å². The molecular weight excluding hydrogens is 342 g/mol. The number of amides is 1. The molecule has 4 rings (SSSR count). The van der Waals surface area contributed by atoms with Crippen molar-refractivity contribution in [2.75, 3.05) is 11.9 Å². The zero-order valence-electron chi connectivity index (χ0n) is 12.8. The molecule has 25 heavy (non-hydrogen) atoms. The van der Waals surface area contributed by atoms with Gasteiger partial charge in [0, 0.05) is 0 Å². The van der Waals surface area contributed by atoms with Crippen molar-refractivity contribution in [2.45, 2.75) is 0 Å². The van der Waals surface area contributed by atoms with Crippen LogP contribution in [0, 0.1) is 0 Å². The normalized spacial score (nSPS) is 10.9. The van der Waals surface area contributed by atoms with E-state index < -0.39 is 18.5 Å². The van der Waals surface area contributed by atoms with E-state index in [0.29, 0.717) is 16.2 Å². The minimum absolute atomic E-state index is 0.249. The molecule has 0 aliphatic heterocycles. The van der Waals surface area contributed by atoms with Crippen LogP contribution in [0.3, 0.4) is 0 Å². The molecule has 0 atom stereocenters. The number of aromatic nitrogens is 2. The van der Waals surface area contributed by atoms with Crippen molar-refractivity contribution in [1.29, 1.82) is 0 Å². The van der Waals surface area contributed by atoms with Crippen molar-refractivity contribution in [3.8, 4) is 0 Å². The number of hydrogen-bond acceptors (Lipinski definition) is 7. The quantitative estimate of drug-likeness (QED) is 0.566. The van der Waals surface area contributed by atoms with E-state index in [1.54, 1.807) is 18.2 Å². The lowest BCUT2D eigenvalue weighted by Crippen LogP contribution is -2.21. The fourth-order valence-corrected chi connectivity index (χ4v) is 3.22. The Kier molecular flexibility index (Phi) is 3.87. The van der Waals surface area contributed by atoms with E-state index in [0.717, 1.165) is 10.2 Å². The highest BCUT2D eigenvalue weighted by molar-refractivity contribution is 7.22. The van der Waals surface area contributed by atoms with Crippen LogP contribution in [0.1, 0.15) is 10.4 Å². The first-order chi connectivity index (χ1) is 12.2. The van der Waals surface area contributed by atoms with E-state index in [1.165, 1.54) is 17.7 Å². The van der Waals surface area contributed by atoms with E-state index in [9.17, 15) is 9.59 Å². The summed E-state index contributed by atoms with van der Waals surface area (Å²) in [5, 5.41) is 3.09. The third-order valence-corrected chi connectivity index (χ3v) is 4.41. The van der Waals surface area contributed by atoms with Crippen LogP contribution in [0.15, 0.2) is 53.3 Å². The standard InChI is InChI=1S/C17H11N3O4S/c21-14(20-17-19-11-5-1-2-7-13(11)25-17)8-23-16(22)10-4-3-6-12-15(10)18-9-24-12/h1-7,9H,8H2,(H,19,20,21). The van der Waals surface area contributed by atoms with Gasteiger partial charge in [-0.05, 0) is 24.3 Å². The lowest BCUT2D eigenvalue weighted by atomic mass is 10.2. The van der Waals surface area contributed by atoms with Crippen molar-refractivity contribution < 1.29 is 18.7 Å². The Hall–Kier alpha value is -3.26. The molecule has 7 nitrogen and oxygen atoms in total. The van der Waals surface area contributed by atoms with E-state index in [4.69, 9.17) is 9.15 Å². The molecule has 0 unspecified atom stereocenters. The molecule has 1 N–H and O–H groups in total. The summed E-state index contributed by atoms with van der Waals surface area (Å²) in [6.07, 6.45) is 1.25. The Morgan fingerprint density at radius 2 is 2.04 bits per heavy atom. The summed E-state index contributed by atoms with van der Waals surface area (Å²) in [5.74, 6) is -1.10. The monoisotopic (exact) mass is 353 g/mol. The van der Waals surface area contributed by atoms with Gasteiger partial charge in [-0.25, -0.2) is 14.8 Å². The van der Waals surface area contributed by atoms with Crippen molar-refractivity contribution in [1.82, 2.24) is 9.97 Å². The zero-order valence-corrected chi connectivity index (χ0v) is 13.6. The first-order valence-corrected chi connectivity index (χ1v) is 8.17. The number of anilines is 1.